The Bertz CT molecular complexity index is 1330. The largest absolute Gasteiger partial charge is 0.255 e. The molecule has 5 aromatic rings. The number of pyridine rings is 3. The van der Waals surface area contributed by atoms with Crippen molar-refractivity contribution in [1.29, 1.82) is 0 Å². The maximum Gasteiger partial charge on any atom is 0.0894 e. The standard InChI is InChI=1S/C27H20N3PS/c32-31(21-10-3-1-4-11-21,22-12-5-2-6-13-22)23-17-18-25(29-20-23)27-16-9-15-26(30-27)24-14-7-8-19-28-24/h1-20H. The zero-order valence-corrected chi connectivity index (χ0v) is 19.0. The number of benzene rings is 2. The van der Waals surface area contributed by atoms with Crippen molar-refractivity contribution in [3.05, 3.63) is 122 Å². The third-order valence-electron chi connectivity index (χ3n) is 5.29. The average molecular weight is 450 g/mol. The first-order valence-electron chi connectivity index (χ1n) is 10.3. The minimum Gasteiger partial charge on any atom is -0.255 e. The monoisotopic (exact) mass is 449 g/mol. The van der Waals surface area contributed by atoms with Crippen LogP contribution in [0.5, 0.6) is 0 Å². The van der Waals surface area contributed by atoms with Gasteiger partial charge >= 0.3 is 0 Å². The summed E-state index contributed by atoms with van der Waals surface area (Å²) in [5.41, 5.74) is 3.30. The first-order valence-corrected chi connectivity index (χ1v) is 13.1. The molecular formula is C27H20N3PS. The lowest BCUT2D eigenvalue weighted by atomic mass is 10.2. The van der Waals surface area contributed by atoms with Gasteiger partial charge in [0, 0.05) is 23.7 Å². The van der Waals surface area contributed by atoms with E-state index in [4.69, 9.17) is 21.8 Å². The predicted octanol–water partition coefficient (Wildman–Crippen LogP) is 4.96. The van der Waals surface area contributed by atoms with Gasteiger partial charge in [-0.3, -0.25) is 9.97 Å². The molecule has 0 spiro atoms. The number of rotatable bonds is 5. The maximum atomic E-state index is 6.39. The molecule has 2 aromatic carbocycles. The Morgan fingerprint density at radius 3 is 1.56 bits per heavy atom. The molecule has 0 saturated heterocycles. The summed E-state index contributed by atoms with van der Waals surface area (Å²) in [5.74, 6) is 0. The molecule has 5 heteroatoms. The maximum absolute atomic E-state index is 6.39. The summed E-state index contributed by atoms with van der Waals surface area (Å²) in [6, 6.07) is 34.4. The van der Waals surface area contributed by atoms with E-state index in [-0.39, 0.29) is 0 Å². The van der Waals surface area contributed by atoms with Crippen molar-refractivity contribution < 1.29 is 0 Å². The molecule has 3 aromatic heterocycles. The van der Waals surface area contributed by atoms with Crippen molar-refractivity contribution in [2.75, 3.05) is 0 Å². The summed E-state index contributed by atoms with van der Waals surface area (Å²) in [6.45, 7) is 0. The van der Waals surface area contributed by atoms with Crippen molar-refractivity contribution in [1.82, 2.24) is 15.0 Å². The number of aromatic nitrogens is 3. The third kappa shape index (κ3) is 3.91. The van der Waals surface area contributed by atoms with Crippen molar-refractivity contribution >= 4 is 33.8 Å². The van der Waals surface area contributed by atoms with E-state index in [0.29, 0.717) is 0 Å². The van der Waals surface area contributed by atoms with Crippen LogP contribution in [0.15, 0.2) is 122 Å². The van der Waals surface area contributed by atoms with Crippen LogP contribution >= 0.6 is 6.04 Å². The van der Waals surface area contributed by atoms with Crippen LogP contribution in [0.1, 0.15) is 0 Å². The predicted molar refractivity (Wildman–Crippen MR) is 137 cm³/mol. The van der Waals surface area contributed by atoms with Crippen molar-refractivity contribution in [3.8, 4) is 22.8 Å². The van der Waals surface area contributed by atoms with Crippen molar-refractivity contribution in [2.24, 2.45) is 0 Å². The van der Waals surface area contributed by atoms with Crippen LogP contribution in [0.3, 0.4) is 0 Å². The third-order valence-corrected chi connectivity index (χ3v) is 10.2. The molecule has 0 amide bonds. The molecule has 0 atom stereocenters. The highest BCUT2D eigenvalue weighted by atomic mass is 32.4. The van der Waals surface area contributed by atoms with Crippen LogP contribution in [-0.2, 0) is 11.8 Å². The molecule has 154 valence electrons. The minimum atomic E-state index is -2.20. The topological polar surface area (TPSA) is 38.7 Å². The summed E-state index contributed by atoms with van der Waals surface area (Å²) >= 11 is 6.39. The van der Waals surface area contributed by atoms with Crippen LogP contribution < -0.4 is 15.9 Å². The van der Waals surface area contributed by atoms with Gasteiger partial charge in [-0.15, -0.1) is 0 Å². The molecule has 0 saturated carbocycles. The van der Waals surface area contributed by atoms with E-state index in [0.717, 1.165) is 38.7 Å². The molecule has 32 heavy (non-hydrogen) atoms. The molecule has 0 aliphatic rings. The molecule has 5 rings (SSSR count). The van der Waals surface area contributed by atoms with Gasteiger partial charge in [0.2, 0.25) is 0 Å². The molecule has 3 nitrogen and oxygen atoms in total. The zero-order chi connectivity index (χ0) is 21.8. The van der Waals surface area contributed by atoms with Gasteiger partial charge in [0.1, 0.15) is 0 Å². The first kappa shape index (κ1) is 20.4. The van der Waals surface area contributed by atoms with Crippen LogP contribution in [0.4, 0.5) is 0 Å². The molecule has 0 unspecified atom stereocenters. The second-order valence-corrected chi connectivity index (χ2v) is 11.7. The summed E-state index contributed by atoms with van der Waals surface area (Å²) in [7, 11) is 0. The second kappa shape index (κ2) is 8.96. The average Bonchev–Trinajstić information content (AvgIpc) is 2.90. The van der Waals surface area contributed by atoms with Gasteiger partial charge < -0.3 is 0 Å². The number of hydrogen-bond acceptors (Lipinski definition) is 4. The van der Waals surface area contributed by atoms with E-state index in [1.165, 1.54) is 0 Å². The van der Waals surface area contributed by atoms with E-state index < -0.39 is 6.04 Å². The van der Waals surface area contributed by atoms with Crippen LogP contribution in [0.2, 0.25) is 0 Å². The normalized spacial score (nSPS) is 11.2. The highest BCUT2D eigenvalue weighted by Crippen LogP contribution is 2.42. The molecule has 0 fully saturated rings. The lowest BCUT2D eigenvalue weighted by Gasteiger charge is -2.23. The summed E-state index contributed by atoms with van der Waals surface area (Å²) in [6.07, 6.45) is 3.70. The van der Waals surface area contributed by atoms with Gasteiger partial charge in [-0.2, -0.15) is 0 Å². The van der Waals surface area contributed by atoms with Gasteiger partial charge in [-0.05, 0) is 47.0 Å². The van der Waals surface area contributed by atoms with Crippen LogP contribution in [0.25, 0.3) is 22.8 Å². The summed E-state index contributed by atoms with van der Waals surface area (Å²) in [4.78, 5) is 14.0. The molecule has 0 aliphatic carbocycles. The smallest absolute Gasteiger partial charge is 0.0894 e. The van der Waals surface area contributed by atoms with Crippen molar-refractivity contribution in [2.45, 2.75) is 0 Å². The SMILES string of the molecule is S=P(c1ccccc1)(c1ccccc1)c1ccc(-c2cccc(-c3ccccn3)n2)nc1. The fourth-order valence-electron chi connectivity index (χ4n) is 3.68. The summed E-state index contributed by atoms with van der Waals surface area (Å²) in [5, 5.41) is 3.38. The van der Waals surface area contributed by atoms with Crippen LogP contribution in [0, 0.1) is 0 Å². The Balaban J connectivity index is 1.56. The van der Waals surface area contributed by atoms with Gasteiger partial charge in [-0.25, -0.2) is 4.98 Å². The van der Waals surface area contributed by atoms with E-state index in [9.17, 15) is 0 Å². The molecule has 0 radical (unpaired) electrons. The van der Waals surface area contributed by atoms with Gasteiger partial charge in [-0.1, -0.05) is 84.6 Å². The Labute approximate surface area is 192 Å². The van der Waals surface area contributed by atoms with E-state index in [1.807, 2.05) is 85.1 Å². The molecule has 0 aliphatic heterocycles. The fraction of sp³-hybridized carbons (Fsp3) is 0. The zero-order valence-electron chi connectivity index (χ0n) is 17.2. The molecule has 0 N–H and O–H groups in total. The molecular weight excluding hydrogens is 429 g/mol. The Kier molecular flexibility index (Phi) is 5.72. The molecule has 3 heterocycles. The summed E-state index contributed by atoms with van der Waals surface area (Å²) < 4.78 is 0. The lowest BCUT2D eigenvalue weighted by molar-refractivity contribution is 1.22. The van der Waals surface area contributed by atoms with Gasteiger partial charge in [0.05, 0.1) is 22.8 Å². The minimum absolute atomic E-state index is 0.812. The highest BCUT2D eigenvalue weighted by molar-refractivity contribution is 8.25. The van der Waals surface area contributed by atoms with Gasteiger partial charge in [0.25, 0.3) is 0 Å². The number of hydrogen-bond donors (Lipinski definition) is 0. The molecule has 0 bridgehead atoms. The Hall–Kier alpha value is -3.46. The Morgan fingerprint density at radius 1 is 0.469 bits per heavy atom. The quantitative estimate of drug-likeness (QED) is 0.356. The van der Waals surface area contributed by atoms with Crippen molar-refractivity contribution in [3.63, 3.8) is 0 Å². The fourth-order valence-corrected chi connectivity index (χ4v) is 7.32. The Morgan fingerprint density at radius 2 is 1.03 bits per heavy atom. The second-order valence-electron chi connectivity index (χ2n) is 7.31. The number of nitrogens with zero attached hydrogens (tertiary/aromatic N) is 3. The van der Waals surface area contributed by atoms with E-state index in [1.54, 1.807) is 6.20 Å². The van der Waals surface area contributed by atoms with E-state index in [2.05, 4.69) is 35.3 Å². The van der Waals surface area contributed by atoms with Gasteiger partial charge in [0.15, 0.2) is 0 Å². The van der Waals surface area contributed by atoms with Crippen LogP contribution in [-0.4, -0.2) is 15.0 Å². The first-order chi connectivity index (χ1) is 15.7. The lowest BCUT2D eigenvalue weighted by Crippen LogP contribution is -2.25. The van der Waals surface area contributed by atoms with E-state index >= 15 is 0 Å². The highest BCUT2D eigenvalue weighted by Gasteiger charge is 2.25.